The summed E-state index contributed by atoms with van der Waals surface area (Å²) in [5.74, 6) is 0. The SMILES string of the molecule is O=[N+]([O-])c1cnn2c(Cl)ccnc12. The van der Waals surface area contributed by atoms with E-state index in [9.17, 15) is 10.1 Å². The van der Waals surface area contributed by atoms with Gasteiger partial charge in [0.25, 0.3) is 0 Å². The van der Waals surface area contributed by atoms with E-state index in [1.807, 2.05) is 0 Å². The van der Waals surface area contributed by atoms with E-state index in [0.29, 0.717) is 0 Å². The highest BCUT2D eigenvalue weighted by Crippen LogP contribution is 2.19. The molecule has 2 aromatic heterocycles. The van der Waals surface area contributed by atoms with Crippen molar-refractivity contribution in [2.75, 3.05) is 0 Å². The van der Waals surface area contributed by atoms with E-state index in [1.165, 1.54) is 16.8 Å². The number of hydrogen-bond acceptors (Lipinski definition) is 4. The van der Waals surface area contributed by atoms with Gasteiger partial charge in [-0.15, -0.1) is 0 Å². The van der Waals surface area contributed by atoms with Crippen molar-refractivity contribution in [2.45, 2.75) is 0 Å². The van der Waals surface area contributed by atoms with Crippen LogP contribution in [0.5, 0.6) is 0 Å². The first-order valence-electron chi connectivity index (χ1n) is 3.33. The summed E-state index contributed by atoms with van der Waals surface area (Å²) < 4.78 is 1.21. The zero-order valence-electron chi connectivity index (χ0n) is 6.22. The van der Waals surface area contributed by atoms with Gasteiger partial charge in [0.1, 0.15) is 11.3 Å². The maximum atomic E-state index is 10.5. The number of nitro groups is 1. The van der Waals surface area contributed by atoms with Gasteiger partial charge in [0.15, 0.2) is 0 Å². The number of halogens is 1. The van der Waals surface area contributed by atoms with Crippen molar-refractivity contribution < 1.29 is 4.92 Å². The molecule has 6 nitrogen and oxygen atoms in total. The van der Waals surface area contributed by atoms with Gasteiger partial charge in [-0.05, 0) is 6.07 Å². The summed E-state index contributed by atoms with van der Waals surface area (Å²) in [6.07, 6.45) is 2.51. The number of rotatable bonds is 1. The molecule has 0 saturated carbocycles. The Balaban J connectivity index is 2.83. The van der Waals surface area contributed by atoms with Gasteiger partial charge in [0.2, 0.25) is 5.65 Å². The van der Waals surface area contributed by atoms with Crippen LogP contribution in [0, 0.1) is 10.1 Å². The Hall–Kier alpha value is -1.69. The van der Waals surface area contributed by atoms with Gasteiger partial charge in [0, 0.05) is 6.20 Å². The summed E-state index contributed by atoms with van der Waals surface area (Å²) in [6, 6.07) is 1.51. The molecule has 0 aromatic carbocycles. The quantitative estimate of drug-likeness (QED) is 0.393. The first-order valence-corrected chi connectivity index (χ1v) is 3.70. The molecule has 0 fully saturated rings. The van der Waals surface area contributed by atoms with Crippen molar-refractivity contribution in [3.63, 3.8) is 0 Å². The van der Waals surface area contributed by atoms with Crippen molar-refractivity contribution in [1.29, 1.82) is 0 Å². The van der Waals surface area contributed by atoms with Gasteiger partial charge >= 0.3 is 5.69 Å². The predicted molar refractivity (Wildman–Crippen MR) is 44.7 cm³/mol. The average molecular weight is 199 g/mol. The molecule has 2 rings (SSSR count). The number of aromatic nitrogens is 3. The molecule has 2 heterocycles. The summed E-state index contributed by atoms with van der Waals surface area (Å²) in [6.45, 7) is 0. The normalized spacial score (nSPS) is 10.5. The first-order chi connectivity index (χ1) is 6.20. The molecule has 7 heteroatoms. The van der Waals surface area contributed by atoms with Crippen LogP contribution in [-0.4, -0.2) is 19.5 Å². The minimum atomic E-state index is -0.550. The fourth-order valence-electron chi connectivity index (χ4n) is 0.979. The molecule has 0 aliphatic rings. The second kappa shape index (κ2) is 2.67. The molecule has 0 aliphatic heterocycles. The van der Waals surface area contributed by atoms with Crippen molar-refractivity contribution >= 4 is 22.9 Å². The number of nitrogens with zero attached hydrogens (tertiary/aromatic N) is 4. The third-order valence-corrected chi connectivity index (χ3v) is 1.82. The Morgan fingerprint density at radius 2 is 2.38 bits per heavy atom. The Kier molecular flexibility index (Phi) is 1.63. The van der Waals surface area contributed by atoms with E-state index in [-0.39, 0.29) is 16.5 Å². The zero-order chi connectivity index (χ0) is 9.42. The first kappa shape index (κ1) is 7.93. The van der Waals surface area contributed by atoms with Gasteiger partial charge in [-0.3, -0.25) is 10.1 Å². The maximum Gasteiger partial charge on any atom is 0.333 e. The highest BCUT2D eigenvalue weighted by Gasteiger charge is 2.16. The molecule has 0 bridgehead atoms. The van der Waals surface area contributed by atoms with Crippen molar-refractivity contribution in [2.24, 2.45) is 0 Å². The zero-order valence-corrected chi connectivity index (χ0v) is 6.97. The van der Waals surface area contributed by atoms with Gasteiger partial charge in [-0.1, -0.05) is 11.6 Å². The van der Waals surface area contributed by atoms with E-state index >= 15 is 0 Å². The van der Waals surface area contributed by atoms with E-state index in [0.717, 1.165) is 6.20 Å². The van der Waals surface area contributed by atoms with Crippen LogP contribution in [0.25, 0.3) is 5.65 Å². The van der Waals surface area contributed by atoms with Crippen LogP contribution >= 0.6 is 11.6 Å². The lowest BCUT2D eigenvalue weighted by Crippen LogP contribution is -1.92. The van der Waals surface area contributed by atoms with Crippen LogP contribution in [0.2, 0.25) is 5.15 Å². The molecular formula is C6H3ClN4O2. The molecule has 0 N–H and O–H groups in total. The minimum absolute atomic E-state index is 0.150. The van der Waals surface area contributed by atoms with Crippen LogP contribution < -0.4 is 0 Å². The van der Waals surface area contributed by atoms with E-state index < -0.39 is 4.92 Å². The molecule has 66 valence electrons. The number of hydrogen-bond donors (Lipinski definition) is 0. The summed E-state index contributed by atoms with van der Waals surface area (Å²) in [7, 11) is 0. The lowest BCUT2D eigenvalue weighted by Gasteiger charge is -1.92. The second-order valence-corrected chi connectivity index (χ2v) is 2.68. The van der Waals surface area contributed by atoms with Gasteiger partial charge in [-0.25, -0.2) is 4.98 Å². The van der Waals surface area contributed by atoms with E-state index in [1.54, 1.807) is 0 Å². The molecule has 2 aromatic rings. The summed E-state index contributed by atoms with van der Waals surface area (Å²) in [4.78, 5) is 13.7. The summed E-state index contributed by atoms with van der Waals surface area (Å²) >= 11 is 5.71. The van der Waals surface area contributed by atoms with Gasteiger partial charge in [-0.2, -0.15) is 9.61 Å². The molecular weight excluding hydrogens is 196 g/mol. The van der Waals surface area contributed by atoms with E-state index in [2.05, 4.69) is 10.1 Å². The van der Waals surface area contributed by atoms with Crippen LogP contribution in [0.4, 0.5) is 5.69 Å². The van der Waals surface area contributed by atoms with E-state index in [4.69, 9.17) is 11.6 Å². The lowest BCUT2D eigenvalue weighted by atomic mass is 10.5. The highest BCUT2D eigenvalue weighted by molar-refractivity contribution is 6.29. The van der Waals surface area contributed by atoms with Crippen LogP contribution in [0.1, 0.15) is 0 Å². The molecule has 0 saturated heterocycles. The molecule has 0 unspecified atom stereocenters. The van der Waals surface area contributed by atoms with Crippen LogP contribution in [0.3, 0.4) is 0 Å². The standard InChI is InChI=1S/C6H3ClN4O2/c7-5-1-2-8-6-4(11(12)13)3-9-10(5)6/h1-3H. The Bertz CT molecular complexity index is 480. The predicted octanol–water partition coefficient (Wildman–Crippen LogP) is 1.29. The fourth-order valence-corrected chi connectivity index (χ4v) is 1.16. The van der Waals surface area contributed by atoms with Gasteiger partial charge < -0.3 is 0 Å². The molecule has 0 spiro atoms. The lowest BCUT2D eigenvalue weighted by molar-refractivity contribution is -0.383. The fraction of sp³-hybridized carbons (Fsp3) is 0. The topological polar surface area (TPSA) is 73.3 Å². The highest BCUT2D eigenvalue weighted by atomic mass is 35.5. The average Bonchev–Trinajstić information content (AvgIpc) is 2.48. The molecule has 0 atom stereocenters. The molecule has 0 amide bonds. The number of fused-ring (bicyclic) bond motifs is 1. The van der Waals surface area contributed by atoms with Crippen molar-refractivity contribution in [3.05, 3.63) is 33.7 Å². The molecule has 13 heavy (non-hydrogen) atoms. The summed E-state index contributed by atoms with van der Waals surface area (Å²) in [5, 5.41) is 14.5. The van der Waals surface area contributed by atoms with Crippen LogP contribution in [0.15, 0.2) is 18.5 Å². The van der Waals surface area contributed by atoms with Crippen LogP contribution in [-0.2, 0) is 0 Å². The van der Waals surface area contributed by atoms with Crippen molar-refractivity contribution in [3.8, 4) is 0 Å². The second-order valence-electron chi connectivity index (χ2n) is 2.29. The smallest absolute Gasteiger partial charge is 0.258 e. The third-order valence-electron chi connectivity index (χ3n) is 1.53. The van der Waals surface area contributed by atoms with Gasteiger partial charge in [0.05, 0.1) is 4.92 Å². The monoisotopic (exact) mass is 198 g/mol. The Morgan fingerprint density at radius 3 is 3.08 bits per heavy atom. The largest absolute Gasteiger partial charge is 0.333 e. The molecule has 0 aliphatic carbocycles. The maximum absolute atomic E-state index is 10.5. The third kappa shape index (κ3) is 1.11. The Morgan fingerprint density at radius 1 is 1.62 bits per heavy atom. The van der Waals surface area contributed by atoms with Crippen molar-refractivity contribution in [1.82, 2.24) is 14.6 Å². The Labute approximate surface area is 76.9 Å². The molecule has 0 radical (unpaired) electrons. The summed E-state index contributed by atoms with van der Waals surface area (Å²) in [5.41, 5.74) is 0.000000000000000888. The minimum Gasteiger partial charge on any atom is -0.258 e.